The number of rotatable bonds is 3. The summed E-state index contributed by atoms with van der Waals surface area (Å²) in [6.45, 7) is 0. The molecule has 0 aliphatic heterocycles. The SMILES string of the molecule is O=C(O)c1nccc(NC2CCCC2)n1. The molecule has 1 fully saturated rings. The minimum Gasteiger partial charge on any atom is -0.475 e. The van der Waals surface area contributed by atoms with Crippen LogP contribution >= 0.6 is 0 Å². The highest BCUT2D eigenvalue weighted by molar-refractivity contribution is 5.83. The van der Waals surface area contributed by atoms with E-state index in [-0.39, 0.29) is 5.82 Å². The van der Waals surface area contributed by atoms with Crippen molar-refractivity contribution in [3.05, 3.63) is 18.1 Å². The first kappa shape index (κ1) is 9.89. The lowest BCUT2D eigenvalue weighted by molar-refractivity contribution is 0.0683. The highest BCUT2D eigenvalue weighted by Crippen LogP contribution is 2.21. The average molecular weight is 207 g/mol. The molecule has 0 unspecified atom stereocenters. The fraction of sp³-hybridized carbons (Fsp3) is 0.500. The maximum absolute atomic E-state index is 10.6. The van der Waals surface area contributed by atoms with E-state index in [2.05, 4.69) is 15.3 Å². The van der Waals surface area contributed by atoms with Gasteiger partial charge in [-0.25, -0.2) is 14.8 Å². The van der Waals surface area contributed by atoms with E-state index in [1.165, 1.54) is 19.0 Å². The van der Waals surface area contributed by atoms with Gasteiger partial charge in [0.15, 0.2) is 0 Å². The molecule has 1 aromatic heterocycles. The van der Waals surface area contributed by atoms with Crippen LogP contribution in [0.4, 0.5) is 5.82 Å². The van der Waals surface area contributed by atoms with E-state index in [4.69, 9.17) is 5.11 Å². The molecule has 5 nitrogen and oxygen atoms in total. The van der Waals surface area contributed by atoms with Gasteiger partial charge in [-0.3, -0.25) is 0 Å². The number of nitrogens with zero attached hydrogens (tertiary/aromatic N) is 2. The molecule has 80 valence electrons. The number of aromatic nitrogens is 2. The van der Waals surface area contributed by atoms with Crippen LogP contribution in [0.15, 0.2) is 12.3 Å². The third-order valence-corrected chi connectivity index (χ3v) is 2.55. The number of carboxylic acids is 1. The zero-order valence-electron chi connectivity index (χ0n) is 8.31. The van der Waals surface area contributed by atoms with E-state index < -0.39 is 5.97 Å². The standard InChI is InChI=1S/C10H13N3O2/c14-10(15)9-11-6-5-8(13-9)12-7-3-1-2-4-7/h5-7H,1-4H2,(H,14,15)(H,11,12,13). The third-order valence-electron chi connectivity index (χ3n) is 2.55. The molecule has 1 heterocycles. The van der Waals surface area contributed by atoms with E-state index in [9.17, 15) is 4.79 Å². The van der Waals surface area contributed by atoms with Crippen LogP contribution in [0.1, 0.15) is 36.3 Å². The molecule has 0 radical (unpaired) electrons. The van der Waals surface area contributed by atoms with Gasteiger partial charge in [-0.2, -0.15) is 0 Å². The molecule has 2 N–H and O–H groups in total. The fourth-order valence-electron chi connectivity index (χ4n) is 1.82. The number of hydrogen-bond donors (Lipinski definition) is 2. The topological polar surface area (TPSA) is 75.1 Å². The first-order valence-corrected chi connectivity index (χ1v) is 5.08. The van der Waals surface area contributed by atoms with E-state index in [0.29, 0.717) is 11.9 Å². The zero-order chi connectivity index (χ0) is 10.7. The molecule has 1 aliphatic carbocycles. The Kier molecular flexibility index (Phi) is 2.80. The summed E-state index contributed by atoms with van der Waals surface area (Å²) in [5.74, 6) is -0.641. The maximum atomic E-state index is 10.6. The molecule has 0 aromatic carbocycles. The van der Waals surface area contributed by atoms with Gasteiger partial charge in [-0.05, 0) is 18.9 Å². The third kappa shape index (κ3) is 2.43. The monoisotopic (exact) mass is 207 g/mol. The van der Waals surface area contributed by atoms with Crippen LogP contribution in [-0.2, 0) is 0 Å². The Balaban J connectivity index is 2.07. The lowest BCUT2D eigenvalue weighted by Crippen LogP contribution is -2.16. The molecule has 1 aromatic rings. The Hall–Kier alpha value is -1.65. The second-order valence-electron chi connectivity index (χ2n) is 3.70. The van der Waals surface area contributed by atoms with Crippen LogP contribution in [0.3, 0.4) is 0 Å². The first-order valence-electron chi connectivity index (χ1n) is 5.08. The molecule has 2 rings (SSSR count). The predicted octanol–water partition coefficient (Wildman–Crippen LogP) is 1.53. The van der Waals surface area contributed by atoms with E-state index in [1.54, 1.807) is 6.07 Å². The van der Waals surface area contributed by atoms with Crippen LogP contribution in [-0.4, -0.2) is 27.1 Å². The smallest absolute Gasteiger partial charge is 0.374 e. The molecule has 15 heavy (non-hydrogen) atoms. The predicted molar refractivity (Wildman–Crippen MR) is 54.9 cm³/mol. The van der Waals surface area contributed by atoms with Crippen molar-refractivity contribution in [1.29, 1.82) is 0 Å². The minimum absolute atomic E-state index is 0.155. The number of anilines is 1. The Morgan fingerprint density at radius 2 is 2.20 bits per heavy atom. The van der Waals surface area contributed by atoms with Gasteiger partial charge in [-0.15, -0.1) is 0 Å². The maximum Gasteiger partial charge on any atom is 0.374 e. The van der Waals surface area contributed by atoms with Gasteiger partial charge >= 0.3 is 5.97 Å². The van der Waals surface area contributed by atoms with Crippen molar-refractivity contribution in [2.75, 3.05) is 5.32 Å². The summed E-state index contributed by atoms with van der Waals surface area (Å²) < 4.78 is 0. The second kappa shape index (κ2) is 4.25. The van der Waals surface area contributed by atoms with Gasteiger partial charge in [0.05, 0.1) is 0 Å². The van der Waals surface area contributed by atoms with E-state index in [1.807, 2.05) is 0 Å². The van der Waals surface area contributed by atoms with Crippen LogP contribution < -0.4 is 5.32 Å². The molecule has 0 spiro atoms. The normalized spacial score (nSPS) is 16.5. The molecule has 0 bridgehead atoms. The van der Waals surface area contributed by atoms with Crippen molar-refractivity contribution in [2.24, 2.45) is 0 Å². The Labute approximate surface area is 87.6 Å². The largest absolute Gasteiger partial charge is 0.475 e. The lowest BCUT2D eigenvalue weighted by atomic mass is 10.2. The molecule has 0 amide bonds. The summed E-state index contributed by atoms with van der Waals surface area (Å²) in [6.07, 6.45) is 6.19. The van der Waals surface area contributed by atoms with Gasteiger partial charge in [0.2, 0.25) is 5.82 Å². The molecular formula is C10H13N3O2. The molecular weight excluding hydrogens is 194 g/mol. The van der Waals surface area contributed by atoms with Crippen molar-refractivity contribution < 1.29 is 9.90 Å². The lowest BCUT2D eigenvalue weighted by Gasteiger charge is -2.11. The quantitative estimate of drug-likeness (QED) is 0.786. The van der Waals surface area contributed by atoms with Gasteiger partial charge in [0.25, 0.3) is 0 Å². The van der Waals surface area contributed by atoms with Crippen LogP contribution in [0.25, 0.3) is 0 Å². The average Bonchev–Trinajstić information content (AvgIpc) is 2.71. The summed E-state index contributed by atoms with van der Waals surface area (Å²) >= 11 is 0. The van der Waals surface area contributed by atoms with Crippen molar-refractivity contribution in [3.8, 4) is 0 Å². The van der Waals surface area contributed by atoms with Gasteiger partial charge in [0, 0.05) is 12.2 Å². The van der Waals surface area contributed by atoms with Crippen molar-refractivity contribution in [1.82, 2.24) is 9.97 Å². The Bertz CT molecular complexity index is 361. The molecule has 0 atom stereocenters. The number of carboxylic acid groups (broad SMARTS) is 1. The van der Waals surface area contributed by atoms with Gasteiger partial charge in [0.1, 0.15) is 5.82 Å². The Morgan fingerprint density at radius 3 is 2.87 bits per heavy atom. The van der Waals surface area contributed by atoms with Crippen molar-refractivity contribution >= 4 is 11.8 Å². The summed E-state index contributed by atoms with van der Waals surface area (Å²) in [6, 6.07) is 2.13. The Morgan fingerprint density at radius 1 is 1.47 bits per heavy atom. The highest BCUT2D eigenvalue weighted by atomic mass is 16.4. The zero-order valence-corrected chi connectivity index (χ0v) is 8.31. The van der Waals surface area contributed by atoms with Gasteiger partial charge in [-0.1, -0.05) is 12.8 Å². The summed E-state index contributed by atoms with van der Waals surface area (Å²) in [4.78, 5) is 18.2. The number of carbonyl (C=O) groups is 1. The van der Waals surface area contributed by atoms with Crippen LogP contribution in [0, 0.1) is 0 Å². The molecule has 1 saturated carbocycles. The minimum atomic E-state index is -1.09. The molecule has 0 saturated heterocycles. The van der Waals surface area contributed by atoms with Crippen LogP contribution in [0.5, 0.6) is 0 Å². The first-order chi connectivity index (χ1) is 7.25. The summed E-state index contributed by atoms with van der Waals surface area (Å²) in [5.41, 5.74) is 0. The van der Waals surface area contributed by atoms with Crippen molar-refractivity contribution in [2.45, 2.75) is 31.7 Å². The molecule has 1 aliphatic rings. The number of aromatic carboxylic acids is 1. The second-order valence-corrected chi connectivity index (χ2v) is 3.70. The fourth-order valence-corrected chi connectivity index (χ4v) is 1.82. The number of nitrogens with one attached hydrogen (secondary N) is 1. The van der Waals surface area contributed by atoms with Crippen LogP contribution in [0.2, 0.25) is 0 Å². The highest BCUT2D eigenvalue weighted by Gasteiger charge is 2.15. The van der Waals surface area contributed by atoms with E-state index >= 15 is 0 Å². The summed E-state index contributed by atoms with van der Waals surface area (Å²) in [5, 5.41) is 11.9. The summed E-state index contributed by atoms with van der Waals surface area (Å²) in [7, 11) is 0. The van der Waals surface area contributed by atoms with Gasteiger partial charge < -0.3 is 10.4 Å². The van der Waals surface area contributed by atoms with Crippen molar-refractivity contribution in [3.63, 3.8) is 0 Å². The molecule has 5 heteroatoms. The van der Waals surface area contributed by atoms with E-state index in [0.717, 1.165) is 12.8 Å². The number of hydrogen-bond acceptors (Lipinski definition) is 4.